The smallest absolute Gasteiger partial charge is 0.308 e. The third-order valence-electron chi connectivity index (χ3n) is 2.17. The van der Waals surface area contributed by atoms with Gasteiger partial charge in [-0.15, -0.1) is 0 Å². The molecule has 18 heavy (non-hydrogen) atoms. The van der Waals surface area contributed by atoms with E-state index in [4.69, 9.17) is 27.9 Å². The number of aliphatic hydroxyl groups is 1. The number of esters is 1. The zero-order valence-electron chi connectivity index (χ0n) is 9.95. The summed E-state index contributed by atoms with van der Waals surface area (Å²) in [4.78, 5) is 11.1. The van der Waals surface area contributed by atoms with Crippen LogP contribution in [0.1, 0.15) is 13.3 Å². The molecule has 0 heterocycles. The Morgan fingerprint density at radius 2 is 2.22 bits per heavy atom. The van der Waals surface area contributed by atoms with Crippen LogP contribution in [0.5, 0.6) is 0 Å². The van der Waals surface area contributed by atoms with Crippen molar-refractivity contribution < 1.29 is 14.6 Å². The summed E-state index contributed by atoms with van der Waals surface area (Å²) in [5.41, 5.74) is 0.656. The quantitative estimate of drug-likeness (QED) is 0.791. The lowest BCUT2D eigenvalue weighted by molar-refractivity contribution is -0.145. The van der Waals surface area contributed by atoms with Gasteiger partial charge in [-0.3, -0.25) is 4.79 Å². The van der Waals surface area contributed by atoms with E-state index >= 15 is 0 Å². The molecular weight excluding hydrogens is 277 g/mol. The van der Waals surface area contributed by atoms with Gasteiger partial charge in [0.05, 0.1) is 29.8 Å². The molecule has 0 saturated heterocycles. The predicted molar refractivity (Wildman–Crippen MR) is 72.2 cm³/mol. The van der Waals surface area contributed by atoms with Crippen LogP contribution >= 0.6 is 23.2 Å². The molecule has 0 spiro atoms. The molecule has 1 aromatic rings. The van der Waals surface area contributed by atoms with Gasteiger partial charge in [0.1, 0.15) is 0 Å². The van der Waals surface area contributed by atoms with Crippen LogP contribution in [-0.2, 0) is 9.53 Å². The lowest BCUT2D eigenvalue weighted by atomic mass is 10.2. The average molecular weight is 292 g/mol. The first kappa shape index (κ1) is 15.1. The van der Waals surface area contributed by atoms with Gasteiger partial charge in [-0.2, -0.15) is 0 Å². The molecular formula is C12H15Cl2NO3. The Morgan fingerprint density at radius 3 is 2.83 bits per heavy atom. The maximum Gasteiger partial charge on any atom is 0.308 e. The summed E-state index contributed by atoms with van der Waals surface area (Å²) in [5.74, 6) is -0.422. The Labute approximate surface area is 116 Å². The van der Waals surface area contributed by atoms with Crippen molar-refractivity contribution >= 4 is 34.9 Å². The highest BCUT2D eigenvalue weighted by Crippen LogP contribution is 2.25. The Bertz CT molecular complexity index is 412. The number of rotatable bonds is 6. The number of anilines is 1. The fourth-order valence-corrected chi connectivity index (χ4v) is 1.82. The lowest BCUT2D eigenvalue weighted by Crippen LogP contribution is -2.24. The molecule has 1 aromatic carbocycles. The monoisotopic (exact) mass is 291 g/mol. The molecule has 2 N–H and O–H groups in total. The molecule has 0 fully saturated rings. The highest BCUT2D eigenvalue weighted by molar-refractivity contribution is 6.36. The van der Waals surface area contributed by atoms with Crippen LogP contribution < -0.4 is 5.32 Å². The first-order valence-electron chi connectivity index (χ1n) is 5.55. The van der Waals surface area contributed by atoms with Crippen molar-refractivity contribution in [2.75, 3.05) is 18.5 Å². The molecule has 0 saturated carbocycles. The highest BCUT2D eigenvalue weighted by Gasteiger charge is 2.12. The van der Waals surface area contributed by atoms with E-state index in [1.54, 1.807) is 25.1 Å². The van der Waals surface area contributed by atoms with Crippen LogP contribution in [-0.4, -0.2) is 30.3 Å². The number of hydrogen-bond donors (Lipinski definition) is 2. The number of benzene rings is 1. The number of halogens is 2. The summed E-state index contributed by atoms with van der Waals surface area (Å²) in [7, 11) is 0. The summed E-state index contributed by atoms with van der Waals surface area (Å²) >= 11 is 11.7. The third kappa shape index (κ3) is 5.12. The average Bonchev–Trinajstić information content (AvgIpc) is 2.28. The van der Waals surface area contributed by atoms with E-state index in [1.807, 2.05) is 0 Å². The van der Waals surface area contributed by atoms with Gasteiger partial charge in [0, 0.05) is 11.6 Å². The van der Waals surface area contributed by atoms with Crippen molar-refractivity contribution in [1.82, 2.24) is 0 Å². The first-order chi connectivity index (χ1) is 8.52. The number of aliphatic hydroxyl groups excluding tert-OH is 1. The second-order valence-corrected chi connectivity index (χ2v) is 4.51. The van der Waals surface area contributed by atoms with E-state index in [-0.39, 0.29) is 13.0 Å². The van der Waals surface area contributed by atoms with Gasteiger partial charge in [-0.1, -0.05) is 23.2 Å². The second-order valence-electron chi connectivity index (χ2n) is 3.67. The van der Waals surface area contributed by atoms with Gasteiger partial charge in [-0.25, -0.2) is 0 Å². The van der Waals surface area contributed by atoms with Crippen LogP contribution in [0.15, 0.2) is 18.2 Å². The number of carbonyl (C=O) groups excluding carboxylic acids is 1. The van der Waals surface area contributed by atoms with E-state index in [0.717, 1.165) is 0 Å². The summed E-state index contributed by atoms with van der Waals surface area (Å²) in [6.07, 6.45) is -0.873. The fourth-order valence-electron chi connectivity index (χ4n) is 1.35. The maximum atomic E-state index is 11.1. The van der Waals surface area contributed by atoms with Crippen LogP contribution in [0.4, 0.5) is 5.69 Å². The minimum absolute atomic E-state index is 0.0496. The summed E-state index contributed by atoms with van der Waals surface area (Å²) in [6.45, 7) is 2.23. The van der Waals surface area contributed by atoms with Crippen LogP contribution in [0.2, 0.25) is 10.0 Å². The number of ether oxygens (including phenoxy) is 1. The van der Waals surface area contributed by atoms with Crippen molar-refractivity contribution in [3.63, 3.8) is 0 Å². The van der Waals surface area contributed by atoms with E-state index in [9.17, 15) is 9.90 Å². The van der Waals surface area contributed by atoms with Gasteiger partial charge in [0.15, 0.2) is 0 Å². The Balaban J connectivity index is 2.42. The Hall–Kier alpha value is -0.970. The summed E-state index contributed by atoms with van der Waals surface area (Å²) < 4.78 is 4.73. The van der Waals surface area contributed by atoms with E-state index in [1.165, 1.54) is 0 Å². The molecule has 1 atom stereocenters. The normalized spacial score (nSPS) is 12.0. The van der Waals surface area contributed by atoms with Crippen LogP contribution in [0.3, 0.4) is 0 Å². The molecule has 0 aliphatic carbocycles. The van der Waals surface area contributed by atoms with Gasteiger partial charge >= 0.3 is 5.97 Å². The van der Waals surface area contributed by atoms with Crippen molar-refractivity contribution in [3.05, 3.63) is 28.2 Å². The van der Waals surface area contributed by atoms with Gasteiger partial charge in [0.2, 0.25) is 0 Å². The largest absolute Gasteiger partial charge is 0.466 e. The van der Waals surface area contributed by atoms with Crippen LogP contribution in [0, 0.1) is 0 Å². The van der Waals surface area contributed by atoms with Crippen molar-refractivity contribution in [1.29, 1.82) is 0 Å². The molecule has 0 bridgehead atoms. The molecule has 4 nitrogen and oxygen atoms in total. The van der Waals surface area contributed by atoms with Crippen molar-refractivity contribution in [2.45, 2.75) is 19.4 Å². The Kier molecular flexibility index (Phi) is 6.25. The summed E-state index contributed by atoms with van der Waals surface area (Å²) in [5, 5.41) is 13.6. The predicted octanol–water partition coefficient (Wildman–Crippen LogP) is 2.72. The summed E-state index contributed by atoms with van der Waals surface area (Å²) in [6, 6.07) is 5.00. The number of nitrogens with one attached hydrogen (secondary N) is 1. The molecule has 100 valence electrons. The van der Waals surface area contributed by atoms with Crippen LogP contribution in [0.25, 0.3) is 0 Å². The maximum absolute atomic E-state index is 11.1. The van der Waals surface area contributed by atoms with E-state index < -0.39 is 12.1 Å². The molecule has 6 heteroatoms. The highest BCUT2D eigenvalue weighted by atomic mass is 35.5. The third-order valence-corrected chi connectivity index (χ3v) is 2.71. The standard InChI is InChI=1S/C12H15Cl2NO3/c1-2-18-12(17)6-9(16)7-15-11-4-3-8(13)5-10(11)14/h3-5,9,15-16H,2,6-7H2,1H3. The molecule has 0 amide bonds. The van der Waals surface area contributed by atoms with Crippen molar-refractivity contribution in [3.8, 4) is 0 Å². The molecule has 0 radical (unpaired) electrons. The fraction of sp³-hybridized carbons (Fsp3) is 0.417. The zero-order valence-corrected chi connectivity index (χ0v) is 11.5. The molecule has 0 aromatic heterocycles. The SMILES string of the molecule is CCOC(=O)CC(O)CNc1ccc(Cl)cc1Cl. The van der Waals surface area contributed by atoms with Crippen molar-refractivity contribution in [2.24, 2.45) is 0 Å². The number of hydrogen-bond acceptors (Lipinski definition) is 4. The van der Waals surface area contributed by atoms with Gasteiger partial charge in [0.25, 0.3) is 0 Å². The van der Waals surface area contributed by atoms with E-state index in [0.29, 0.717) is 22.3 Å². The molecule has 0 aliphatic heterocycles. The first-order valence-corrected chi connectivity index (χ1v) is 6.31. The zero-order chi connectivity index (χ0) is 13.5. The van der Waals surface area contributed by atoms with Gasteiger partial charge < -0.3 is 15.2 Å². The van der Waals surface area contributed by atoms with E-state index in [2.05, 4.69) is 5.32 Å². The van der Waals surface area contributed by atoms with Gasteiger partial charge in [-0.05, 0) is 25.1 Å². The molecule has 0 aliphatic rings. The Morgan fingerprint density at radius 1 is 1.50 bits per heavy atom. The lowest BCUT2D eigenvalue weighted by Gasteiger charge is -2.13. The topological polar surface area (TPSA) is 58.6 Å². The molecule has 1 rings (SSSR count). The minimum Gasteiger partial charge on any atom is -0.466 e. The minimum atomic E-state index is -0.823. The second kappa shape index (κ2) is 7.46. The number of carbonyl (C=O) groups is 1. The molecule has 1 unspecified atom stereocenters.